The third-order valence-corrected chi connectivity index (χ3v) is 3.57. The van der Waals surface area contributed by atoms with Crippen molar-refractivity contribution in [3.05, 3.63) is 72.3 Å². The van der Waals surface area contributed by atoms with Crippen molar-refractivity contribution in [3.8, 4) is 6.07 Å². The number of nitriles is 1. The molecular formula is C19H12F2N4O. The molecule has 0 radical (unpaired) electrons. The fourth-order valence-corrected chi connectivity index (χ4v) is 2.34. The monoisotopic (exact) mass is 350 g/mol. The molecule has 0 fully saturated rings. The van der Waals surface area contributed by atoms with Crippen LogP contribution in [0.2, 0.25) is 0 Å². The Morgan fingerprint density at radius 3 is 2.58 bits per heavy atom. The number of rotatable bonds is 4. The summed E-state index contributed by atoms with van der Waals surface area (Å²) in [5.41, 5.74) is 1.58. The Balaban J connectivity index is 1.99. The summed E-state index contributed by atoms with van der Waals surface area (Å²) < 4.78 is 26.4. The van der Waals surface area contributed by atoms with Crippen LogP contribution in [0.3, 0.4) is 0 Å². The van der Waals surface area contributed by atoms with Crippen LogP contribution in [0.4, 0.5) is 26.0 Å². The minimum Gasteiger partial charge on any atom is -0.339 e. The van der Waals surface area contributed by atoms with E-state index in [1.807, 2.05) is 6.07 Å². The highest BCUT2D eigenvalue weighted by atomic mass is 19.2. The van der Waals surface area contributed by atoms with Crippen LogP contribution < -0.4 is 10.6 Å². The molecule has 2 N–H and O–H groups in total. The molecule has 3 aromatic rings. The molecular weight excluding hydrogens is 338 g/mol. The van der Waals surface area contributed by atoms with Crippen LogP contribution in [0.15, 0.2) is 55.1 Å². The molecule has 0 bridgehead atoms. The summed E-state index contributed by atoms with van der Waals surface area (Å²) in [4.78, 5) is 15.7. The number of halogens is 2. The predicted molar refractivity (Wildman–Crippen MR) is 94.9 cm³/mol. The first-order chi connectivity index (χ1) is 12.5. The zero-order chi connectivity index (χ0) is 18.7. The number of carbonyl (C=O) groups is 1. The average Bonchev–Trinajstić information content (AvgIpc) is 2.64. The maximum atomic E-state index is 13.4. The highest BCUT2D eigenvalue weighted by Gasteiger charge is 2.10. The van der Waals surface area contributed by atoms with Crippen LogP contribution in [0.5, 0.6) is 0 Å². The molecule has 5 nitrogen and oxygen atoms in total. The first kappa shape index (κ1) is 17.0. The lowest BCUT2D eigenvalue weighted by molar-refractivity contribution is -0.111. The third-order valence-electron chi connectivity index (χ3n) is 3.57. The zero-order valence-corrected chi connectivity index (χ0v) is 13.4. The topological polar surface area (TPSA) is 77.8 Å². The molecule has 128 valence electrons. The first-order valence-electron chi connectivity index (χ1n) is 7.50. The molecule has 1 heterocycles. The van der Waals surface area contributed by atoms with Crippen molar-refractivity contribution >= 4 is 34.0 Å². The zero-order valence-electron chi connectivity index (χ0n) is 13.4. The number of fused-ring (bicyclic) bond motifs is 1. The highest BCUT2D eigenvalue weighted by molar-refractivity contribution is 6.00. The van der Waals surface area contributed by atoms with Crippen LogP contribution >= 0.6 is 0 Å². The second-order valence-electron chi connectivity index (χ2n) is 5.35. The number of nitrogens with one attached hydrogen (secondary N) is 2. The van der Waals surface area contributed by atoms with Gasteiger partial charge in [0.05, 0.1) is 11.1 Å². The molecule has 0 aliphatic rings. The summed E-state index contributed by atoms with van der Waals surface area (Å²) in [6.45, 7) is 3.38. The number of anilines is 3. The van der Waals surface area contributed by atoms with Gasteiger partial charge in [0.1, 0.15) is 11.9 Å². The van der Waals surface area contributed by atoms with Crippen LogP contribution in [0.1, 0.15) is 5.56 Å². The fraction of sp³-hybridized carbons (Fsp3) is 0. The van der Waals surface area contributed by atoms with Crippen molar-refractivity contribution in [2.24, 2.45) is 0 Å². The van der Waals surface area contributed by atoms with E-state index in [0.717, 1.165) is 18.2 Å². The molecule has 0 aliphatic carbocycles. The van der Waals surface area contributed by atoms with E-state index < -0.39 is 11.6 Å². The van der Waals surface area contributed by atoms with Crippen molar-refractivity contribution in [3.63, 3.8) is 0 Å². The number of nitrogens with zero attached hydrogens (tertiary/aromatic N) is 2. The van der Waals surface area contributed by atoms with Crippen molar-refractivity contribution < 1.29 is 13.6 Å². The average molecular weight is 350 g/mol. The van der Waals surface area contributed by atoms with E-state index in [0.29, 0.717) is 16.6 Å². The standard InChI is InChI=1S/C19H12F2N4O/c1-2-18(26)23-13-4-6-17-11(8-13)7-12(10-22)19(25-17)24-14-3-5-15(20)16(21)9-14/h2-9H,1H2,(H,23,26)(H,24,25). The second kappa shape index (κ2) is 6.99. The molecule has 3 rings (SSSR count). The van der Waals surface area contributed by atoms with E-state index in [1.54, 1.807) is 24.3 Å². The van der Waals surface area contributed by atoms with Gasteiger partial charge >= 0.3 is 0 Å². The minimum atomic E-state index is -1.00. The quantitative estimate of drug-likeness (QED) is 0.690. The molecule has 0 atom stereocenters. The number of pyridine rings is 1. The number of benzene rings is 2. The Bertz CT molecular complexity index is 1070. The van der Waals surface area contributed by atoms with Gasteiger partial charge in [-0.1, -0.05) is 6.58 Å². The Morgan fingerprint density at radius 2 is 1.88 bits per heavy atom. The van der Waals surface area contributed by atoms with E-state index in [2.05, 4.69) is 22.2 Å². The van der Waals surface area contributed by atoms with Gasteiger partial charge in [0.15, 0.2) is 11.6 Å². The fourth-order valence-electron chi connectivity index (χ4n) is 2.34. The molecule has 1 amide bonds. The van der Waals surface area contributed by atoms with Crippen LogP contribution in [-0.4, -0.2) is 10.9 Å². The first-order valence-corrected chi connectivity index (χ1v) is 7.50. The lowest BCUT2D eigenvalue weighted by atomic mass is 10.1. The number of amides is 1. The van der Waals surface area contributed by atoms with Crippen LogP contribution in [0, 0.1) is 23.0 Å². The van der Waals surface area contributed by atoms with E-state index in [4.69, 9.17) is 0 Å². The van der Waals surface area contributed by atoms with Gasteiger partial charge < -0.3 is 10.6 Å². The van der Waals surface area contributed by atoms with Gasteiger partial charge in [0.2, 0.25) is 5.91 Å². The van der Waals surface area contributed by atoms with Gasteiger partial charge in [-0.3, -0.25) is 4.79 Å². The third kappa shape index (κ3) is 3.49. The van der Waals surface area contributed by atoms with Gasteiger partial charge in [-0.05, 0) is 42.5 Å². The summed E-state index contributed by atoms with van der Waals surface area (Å²) in [5.74, 6) is -2.10. The summed E-state index contributed by atoms with van der Waals surface area (Å²) in [6, 6.07) is 11.9. The van der Waals surface area contributed by atoms with Crippen molar-refractivity contribution in [2.75, 3.05) is 10.6 Å². The SMILES string of the molecule is C=CC(=O)Nc1ccc2nc(Nc3ccc(F)c(F)c3)c(C#N)cc2c1. The van der Waals surface area contributed by atoms with Crippen molar-refractivity contribution in [1.82, 2.24) is 4.98 Å². The second-order valence-corrected chi connectivity index (χ2v) is 5.35. The molecule has 0 aliphatic heterocycles. The van der Waals surface area contributed by atoms with Gasteiger partial charge in [-0.15, -0.1) is 0 Å². The van der Waals surface area contributed by atoms with Gasteiger partial charge in [0.25, 0.3) is 0 Å². The molecule has 1 aromatic heterocycles. The van der Waals surface area contributed by atoms with E-state index >= 15 is 0 Å². The molecule has 0 saturated heterocycles. The molecule has 0 unspecified atom stereocenters. The smallest absolute Gasteiger partial charge is 0.247 e. The van der Waals surface area contributed by atoms with E-state index in [1.165, 1.54) is 6.07 Å². The Labute approximate surface area is 147 Å². The van der Waals surface area contributed by atoms with Gasteiger partial charge in [0, 0.05) is 22.8 Å². The maximum Gasteiger partial charge on any atom is 0.247 e. The van der Waals surface area contributed by atoms with Crippen LogP contribution in [-0.2, 0) is 4.79 Å². The number of hydrogen-bond acceptors (Lipinski definition) is 4. The molecule has 0 spiro atoms. The molecule has 7 heteroatoms. The lowest BCUT2D eigenvalue weighted by Crippen LogP contribution is -2.07. The number of hydrogen-bond donors (Lipinski definition) is 2. The maximum absolute atomic E-state index is 13.4. The summed E-state index contributed by atoms with van der Waals surface area (Å²) in [7, 11) is 0. The minimum absolute atomic E-state index is 0.217. The highest BCUT2D eigenvalue weighted by Crippen LogP contribution is 2.26. The summed E-state index contributed by atoms with van der Waals surface area (Å²) >= 11 is 0. The Morgan fingerprint density at radius 1 is 1.12 bits per heavy atom. The summed E-state index contributed by atoms with van der Waals surface area (Å²) in [5, 5.41) is 15.4. The predicted octanol–water partition coefficient (Wildman–Crippen LogP) is 4.25. The van der Waals surface area contributed by atoms with E-state index in [9.17, 15) is 18.8 Å². The number of carbonyl (C=O) groups excluding carboxylic acids is 1. The van der Waals surface area contributed by atoms with Gasteiger partial charge in [-0.25, -0.2) is 13.8 Å². The van der Waals surface area contributed by atoms with E-state index in [-0.39, 0.29) is 23.0 Å². The largest absolute Gasteiger partial charge is 0.339 e. The lowest BCUT2D eigenvalue weighted by Gasteiger charge is -2.10. The van der Waals surface area contributed by atoms with Crippen molar-refractivity contribution in [2.45, 2.75) is 0 Å². The normalized spacial score (nSPS) is 10.2. The summed E-state index contributed by atoms with van der Waals surface area (Å²) in [6.07, 6.45) is 1.15. The van der Waals surface area contributed by atoms with Gasteiger partial charge in [-0.2, -0.15) is 5.26 Å². The number of aromatic nitrogens is 1. The van der Waals surface area contributed by atoms with Crippen LogP contribution in [0.25, 0.3) is 10.9 Å². The Kier molecular flexibility index (Phi) is 4.58. The molecule has 26 heavy (non-hydrogen) atoms. The molecule has 0 saturated carbocycles. The Hall–Kier alpha value is -3.79. The van der Waals surface area contributed by atoms with Crippen molar-refractivity contribution in [1.29, 1.82) is 5.26 Å². The molecule has 2 aromatic carbocycles.